The SMILES string of the molecule is COC/C=C/c1ccc(C(C(N)=O)c2cccnc2)c(NCCc2cccc(F)c2)n1. The minimum absolute atomic E-state index is 0.271. The van der Waals surface area contributed by atoms with Crippen molar-refractivity contribution in [3.63, 3.8) is 0 Å². The quantitative estimate of drug-likeness (QED) is 0.524. The highest BCUT2D eigenvalue weighted by Crippen LogP contribution is 2.29. The number of hydrogen-bond acceptors (Lipinski definition) is 5. The van der Waals surface area contributed by atoms with E-state index in [2.05, 4.69) is 15.3 Å². The molecule has 160 valence electrons. The largest absolute Gasteiger partial charge is 0.381 e. The Kier molecular flexibility index (Phi) is 7.84. The summed E-state index contributed by atoms with van der Waals surface area (Å²) in [5, 5.41) is 3.29. The number of aromatic nitrogens is 2. The van der Waals surface area contributed by atoms with Crippen LogP contribution in [0.1, 0.15) is 28.3 Å². The van der Waals surface area contributed by atoms with Gasteiger partial charge < -0.3 is 15.8 Å². The Bertz CT molecular complexity index is 1040. The second-order valence-corrected chi connectivity index (χ2v) is 6.96. The number of carbonyl (C=O) groups is 1. The number of anilines is 1. The van der Waals surface area contributed by atoms with Crippen LogP contribution in [-0.4, -0.2) is 36.1 Å². The molecule has 1 unspecified atom stereocenters. The predicted octanol–water partition coefficient (Wildman–Crippen LogP) is 3.55. The third kappa shape index (κ3) is 6.20. The van der Waals surface area contributed by atoms with Crippen LogP contribution in [0.5, 0.6) is 0 Å². The second-order valence-electron chi connectivity index (χ2n) is 6.96. The lowest BCUT2D eigenvalue weighted by molar-refractivity contribution is -0.118. The van der Waals surface area contributed by atoms with Gasteiger partial charge in [0.2, 0.25) is 5.91 Å². The van der Waals surface area contributed by atoms with Crippen LogP contribution in [0, 0.1) is 5.82 Å². The summed E-state index contributed by atoms with van der Waals surface area (Å²) in [6, 6.07) is 13.7. The van der Waals surface area contributed by atoms with E-state index in [4.69, 9.17) is 10.5 Å². The highest BCUT2D eigenvalue weighted by Gasteiger charge is 2.24. The molecule has 0 spiro atoms. The Hall–Kier alpha value is -3.58. The highest BCUT2D eigenvalue weighted by molar-refractivity contribution is 5.87. The lowest BCUT2D eigenvalue weighted by Gasteiger charge is -2.19. The molecule has 3 aromatic rings. The van der Waals surface area contributed by atoms with Crippen LogP contribution in [0.2, 0.25) is 0 Å². The van der Waals surface area contributed by atoms with E-state index in [-0.39, 0.29) is 5.82 Å². The van der Waals surface area contributed by atoms with E-state index in [1.165, 1.54) is 12.1 Å². The third-order valence-corrected chi connectivity index (χ3v) is 4.71. The Morgan fingerprint density at radius 3 is 2.84 bits per heavy atom. The number of ether oxygens (including phenoxy) is 1. The van der Waals surface area contributed by atoms with Gasteiger partial charge in [0.25, 0.3) is 0 Å². The number of primary amides is 1. The summed E-state index contributed by atoms with van der Waals surface area (Å²) < 4.78 is 18.5. The molecular weight excluding hydrogens is 395 g/mol. The summed E-state index contributed by atoms with van der Waals surface area (Å²) in [5.74, 6) is -0.920. The average molecular weight is 420 g/mol. The zero-order valence-corrected chi connectivity index (χ0v) is 17.3. The van der Waals surface area contributed by atoms with Crippen molar-refractivity contribution >= 4 is 17.8 Å². The van der Waals surface area contributed by atoms with E-state index in [1.54, 1.807) is 31.6 Å². The molecule has 2 aromatic heterocycles. The lowest BCUT2D eigenvalue weighted by atomic mass is 9.91. The maximum absolute atomic E-state index is 13.5. The zero-order valence-electron chi connectivity index (χ0n) is 17.3. The minimum atomic E-state index is -0.699. The number of rotatable bonds is 10. The number of nitrogens with two attached hydrogens (primary N) is 1. The molecule has 1 atom stereocenters. The Morgan fingerprint density at radius 2 is 2.13 bits per heavy atom. The van der Waals surface area contributed by atoms with E-state index in [0.29, 0.717) is 42.2 Å². The Balaban J connectivity index is 1.90. The molecule has 0 aliphatic carbocycles. The summed E-state index contributed by atoms with van der Waals surface area (Å²) in [7, 11) is 1.62. The number of methoxy groups -OCH3 is 1. The maximum atomic E-state index is 13.5. The standard InChI is InChI=1S/C24H25FN4O2/c1-31-14-4-8-20-9-10-21(22(23(26)30)18-6-3-12-27-16-18)24(29-20)28-13-11-17-5-2-7-19(25)15-17/h2-10,12,15-16,22H,11,13-14H2,1H3,(H2,26,30)(H,28,29)/b8-4+. The molecule has 31 heavy (non-hydrogen) atoms. The number of hydrogen-bond donors (Lipinski definition) is 2. The van der Waals surface area contributed by atoms with Gasteiger partial charge in [-0.25, -0.2) is 9.37 Å². The molecular formula is C24H25FN4O2. The molecule has 0 bridgehead atoms. The fraction of sp³-hybridized carbons (Fsp3) is 0.208. The summed E-state index contributed by atoms with van der Waals surface area (Å²) in [5.41, 5.74) is 8.67. The smallest absolute Gasteiger partial charge is 0.229 e. The summed E-state index contributed by atoms with van der Waals surface area (Å²) >= 11 is 0. The molecule has 6 nitrogen and oxygen atoms in total. The topological polar surface area (TPSA) is 90.1 Å². The average Bonchev–Trinajstić information content (AvgIpc) is 2.76. The normalized spacial score (nSPS) is 12.1. The van der Waals surface area contributed by atoms with Gasteiger partial charge >= 0.3 is 0 Å². The molecule has 0 saturated heterocycles. The Morgan fingerprint density at radius 1 is 1.26 bits per heavy atom. The van der Waals surface area contributed by atoms with E-state index in [1.807, 2.05) is 36.4 Å². The van der Waals surface area contributed by atoms with Crippen molar-refractivity contribution in [1.29, 1.82) is 0 Å². The minimum Gasteiger partial charge on any atom is -0.381 e. The van der Waals surface area contributed by atoms with Crippen molar-refractivity contribution in [3.05, 3.63) is 95.2 Å². The molecule has 7 heteroatoms. The zero-order chi connectivity index (χ0) is 22.1. The van der Waals surface area contributed by atoms with Crippen LogP contribution in [0.15, 0.2) is 67.0 Å². The van der Waals surface area contributed by atoms with Gasteiger partial charge in [0.15, 0.2) is 0 Å². The van der Waals surface area contributed by atoms with E-state index in [0.717, 1.165) is 5.56 Å². The first-order chi connectivity index (χ1) is 15.1. The van der Waals surface area contributed by atoms with Gasteiger partial charge in [-0.15, -0.1) is 0 Å². The Labute approximate surface area is 181 Å². The fourth-order valence-electron chi connectivity index (χ4n) is 3.28. The van der Waals surface area contributed by atoms with Crippen LogP contribution < -0.4 is 11.1 Å². The number of carbonyl (C=O) groups excluding carboxylic acids is 1. The molecule has 0 radical (unpaired) electrons. The summed E-state index contributed by atoms with van der Waals surface area (Å²) in [6.07, 6.45) is 7.55. The molecule has 1 amide bonds. The third-order valence-electron chi connectivity index (χ3n) is 4.71. The van der Waals surface area contributed by atoms with Crippen molar-refractivity contribution in [3.8, 4) is 0 Å². The van der Waals surface area contributed by atoms with Crippen LogP contribution in [-0.2, 0) is 16.0 Å². The van der Waals surface area contributed by atoms with Crippen LogP contribution in [0.25, 0.3) is 6.08 Å². The predicted molar refractivity (Wildman–Crippen MR) is 119 cm³/mol. The molecule has 0 aliphatic rings. The van der Waals surface area contributed by atoms with Gasteiger partial charge in [0, 0.05) is 31.6 Å². The molecule has 3 rings (SSSR count). The molecule has 0 aliphatic heterocycles. The number of nitrogens with zero attached hydrogens (tertiary/aromatic N) is 2. The van der Waals surface area contributed by atoms with E-state index in [9.17, 15) is 9.18 Å². The lowest BCUT2D eigenvalue weighted by Crippen LogP contribution is -2.24. The van der Waals surface area contributed by atoms with Crippen molar-refractivity contribution < 1.29 is 13.9 Å². The molecule has 3 N–H and O–H groups in total. The summed E-state index contributed by atoms with van der Waals surface area (Å²) in [4.78, 5) is 21.1. The first kappa shape index (κ1) is 22.1. The second kappa shape index (κ2) is 11.0. The molecule has 1 aromatic carbocycles. The van der Waals surface area contributed by atoms with Gasteiger partial charge in [0.05, 0.1) is 18.2 Å². The molecule has 2 heterocycles. The van der Waals surface area contributed by atoms with Crippen molar-refractivity contribution in [2.24, 2.45) is 5.73 Å². The van der Waals surface area contributed by atoms with Gasteiger partial charge in [-0.1, -0.05) is 30.3 Å². The maximum Gasteiger partial charge on any atom is 0.229 e. The van der Waals surface area contributed by atoms with Gasteiger partial charge in [-0.2, -0.15) is 0 Å². The number of benzene rings is 1. The van der Waals surface area contributed by atoms with Crippen molar-refractivity contribution in [2.45, 2.75) is 12.3 Å². The van der Waals surface area contributed by atoms with Crippen molar-refractivity contribution in [1.82, 2.24) is 9.97 Å². The number of halogens is 1. The number of pyridine rings is 2. The molecule has 0 saturated carbocycles. The van der Waals surface area contributed by atoms with Gasteiger partial charge in [0.1, 0.15) is 11.6 Å². The first-order valence-corrected chi connectivity index (χ1v) is 9.92. The van der Waals surface area contributed by atoms with Crippen LogP contribution in [0.4, 0.5) is 10.2 Å². The number of amides is 1. The van der Waals surface area contributed by atoms with Gasteiger partial charge in [-0.05, 0) is 47.9 Å². The fourth-order valence-corrected chi connectivity index (χ4v) is 3.28. The number of nitrogens with one attached hydrogen (secondary N) is 1. The van der Waals surface area contributed by atoms with Crippen LogP contribution in [0.3, 0.4) is 0 Å². The first-order valence-electron chi connectivity index (χ1n) is 9.92. The monoisotopic (exact) mass is 420 g/mol. The van der Waals surface area contributed by atoms with Crippen LogP contribution >= 0.6 is 0 Å². The molecule has 0 fully saturated rings. The van der Waals surface area contributed by atoms with Gasteiger partial charge in [-0.3, -0.25) is 9.78 Å². The summed E-state index contributed by atoms with van der Waals surface area (Å²) in [6.45, 7) is 0.971. The van der Waals surface area contributed by atoms with E-state index >= 15 is 0 Å². The van der Waals surface area contributed by atoms with E-state index < -0.39 is 11.8 Å². The highest BCUT2D eigenvalue weighted by atomic mass is 19.1. The van der Waals surface area contributed by atoms with Crippen molar-refractivity contribution in [2.75, 3.05) is 25.6 Å².